The van der Waals surface area contributed by atoms with Gasteiger partial charge in [-0.1, -0.05) is 0 Å². The van der Waals surface area contributed by atoms with Gasteiger partial charge in [-0.25, -0.2) is 4.98 Å². The quantitative estimate of drug-likeness (QED) is 0.827. The molecule has 2 heterocycles. The van der Waals surface area contributed by atoms with E-state index in [0.717, 1.165) is 23.9 Å². The normalized spacial score (nSPS) is 23.0. The van der Waals surface area contributed by atoms with Crippen molar-refractivity contribution in [3.8, 4) is 0 Å². The van der Waals surface area contributed by atoms with Gasteiger partial charge >= 0.3 is 5.97 Å². The molecule has 5 nitrogen and oxygen atoms in total. The number of hydrogen-bond donors (Lipinski definition) is 1. The number of anilines is 1. The van der Waals surface area contributed by atoms with Crippen molar-refractivity contribution in [3.63, 3.8) is 0 Å². The molecule has 1 atom stereocenters. The Bertz CT molecular complexity index is 413. The van der Waals surface area contributed by atoms with Crippen LogP contribution in [-0.2, 0) is 20.7 Å². The van der Waals surface area contributed by atoms with Crippen LogP contribution in [0.5, 0.6) is 0 Å². The lowest BCUT2D eigenvalue weighted by Gasteiger charge is -2.22. The highest BCUT2D eigenvalue weighted by molar-refractivity contribution is 7.13. The molecule has 1 fully saturated rings. The molecule has 2 rings (SSSR count). The van der Waals surface area contributed by atoms with Crippen LogP contribution in [0.2, 0.25) is 0 Å². The molecular weight excluding hydrogens is 252 g/mol. The molecule has 0 bridgehead atoms. The van der Waals surface area contributed by atoms with Crippen LogP contribution in [0.1, 0.15) is 26.0 Å². The molecule has 1 N–H and O–H groups in total. The molecule has 1 aliphatic rings. The monoisotopic (exact) mass is 270 g/mol. The summed E-state index contributed by atoms with van der Waals surface area (Å²) in [5.41, 5.74) is 0.711. The summed E-state index contributed by atoms with van der Waals surface area (Å²) in [4.78, 5) is 15.7. The zero-order valence-corrected chi connectivity index (χ0v) is 11.5. The Morgan fingerprint density at radius 2 is 2.56 bits per heavy atom. The first kappa shape index (κ1) is 13.3. The number of aromatic nitrogens is 1. The molecule has 6 heteroatoms. The highest BCUT2D eigenvalue weighted by atomic mass is 32.1. The largest absolute Gasteiger partial charge is 0.466 e. The van der Waals surface area contributed by atoms with Gasteiger partial charge in [0.1, 0.15) is 0 Å². The lowest BCUT2D eigenvalue weighted by Crippen LogP contribution is -2.34. The highest BCUT2D eigenvalue weighted by Gasteiger charge is 2.30. The molecule has 100 valence electrons. The number of nitrogens with one attached hydrogen (secondary N) is 1. The molecule has 0 amide bonds. The van der Waals surface area contributed by atoms with Crippen molar-refractivity contribution in [3.05, 3.63) is 11.1 Å². The first-order valence-corrected chi connectivity index (χ1v) is 6.95. The topological polar surface area (TPSA) is 60.5 Å². The van der Waals surface area contributed by atoms with Gasteiger partial charge in [-0.3, -0.25) is 4.79 Å². The molecule has 1 saturated heterocycles. The molecular formula is C12H18N2O3S. The maximum Gasteiger partial charge on any atom is 0.311 e. The Morgan fingerprint density at radius 3 is 3.22 bits per heavy atom. The van der Waals surface area contributed by atoms with Gasteiger partial charge in [0.15, 0.2) is 5.13 Å². The van der Waals surface area contributed by atoms with Gasteiger partial charge in [-0.05, 0) is 20.3 Å². The predicted octanol–water partition coefficient (Wildman–Crippen LogP) is 1.84. The molecule has 0 aromatic carbocycles. The second-order valence-electron chi connectivity index (χ2n) is 4.61. The highest BCUT2D eigenvalue weighted by Crippen LogP contribution is 2.26. The molecule has 0 saturated carbocycles. The third kappa shape index (κ3) is 3.43. The van der Waals surface area contributed by atoms with E-state index in [9.17, 15) is 4.79 Å². The summed E-state index contributed by atoms with van der Waals surface area (Å²) in [5, 5.41) is 6.10. The zero-order valence-electron chi connectivity index (χ0n) is 10.7. The van der Waals surface area contributed by atoms with Crippen molar-refractivity contribution in [2.45, 2.75) is 32.2 Å². The van der Waals surface area contributed by atoms with Crippen LogP contribution in [0.15, 0.2) is 5.38 Å². The van der Waals surface area contributed by atoms with Crippen molar-refractivity contribution < 1.29 is 14.3 Å². The lowest BCUT2D eigenvalue weighted by molar-refractivity contribution is -0.142. The minimum Gasteiger partial charge on any atom is -0.466 e. The average molecular weight is 270 g/mol. The summed E-state index contributed by atoms with van der Waals surface area (Å²) in [7, 11) is 0. The number of carbonyl (C=O) groups excluding carboxylic acids is 1. The van der Waals surface area contributed by atoms with Crippen LogP contribution in [0.25, 0.3) is 0 Å². The van der Waals surface area contributed by atoms with Crippen LogP contribution in [-0.4, -0.2) is 36.3 Å². The van der Waals surface area contributed by atoms with Crippen LogP contribution < -0.4 is 5.32 Å². The van der Waals surface area contributed by atoms with E-state index >= 15 is 0 Å². The molecule has 1 aromatic heterocycles. The van der Waals surface area contributed by atoms with Crippen molar-refractivity contribution in [1.82, 2.24) is 4.98 Å². The first-order chi connectivity index (χ1) is 8.61. The molecule has 0 radical (unpaired) electrons. The fourth-order valence-corrected chi connectivity index (χ4v) is 2.69. The Labute approximate surface area is 111 Å². The van der Waals surface area contributed by atoms with Crippen molar-refractivity contribution in [2.75, 3.05) is 25.1 Å². The summed E-state index contributed by atoms with van der Waals surface area (Å²) in [5.74, 6) is -0.232. The maximum absolute atomic E-state index is 11.3. The lowest BCUT2D eigenvalue weighted by atomic mass is 10.0. The molecule has 18 heavy (non-hydrogen) atoms. The van der Waals surface area contributed by atoms with Crippen LogP contribution >= 0.6 is 11.3 Å². The molecule has 0 aliphatic carbocycles. The van der Waals surface area contributed by atoms with E-state index in [2.05, 4.69) is 17.2 Å². The van der Waals surface area contributed by atoms with Crippen LogP contribution in [0.4, 0.5) is 5.13 Å². The van der Waals surface area contributed by atoms with E-state index in [1.807, 2.05) is 5.38 Å². The fourth-order valence-electron chi connectivity index (χ4n) is 1.83. The van der Waals surface area contributed by atoms with Crippen LogP contribution in [0, 0.1) is 0 Å². The van der Waals surface area contributed by atoms with Gasteiger partial charge < -0.3 is 14.8 Å². The molecule has 1 aromatic rings. The number of hydrogen-bond acceptors (Lipinski definition) is 6. The zero-order chi connectivity index (χ0) is 13.0. The van der Waals surface area contributed by atoms with E-state index in [1.54, 1.807) is 6.92 Å². The number of esters is 1. The minimum absolute atomic E-state index is 0.0426. The number of nitrogens with zero attached hydrogens (tertiary/aromatic N) is 1. The third-order valence-corrected chi connectivity index (χ3v) is 3.62. The van der Waals surface area contributed by atoms with E-state index in [-0.39, 0.29) is 17.9 Å². The predicted molar refractivity (Wildman–Crippen MR) is 69.9 cm³/mol. The molecule has 1 unspecified atom stereocenters. The number of ether oxygens (including phenoxy) is 2. The van der Waals surface area contributed by atoms with Gasteiger partial charge in [-0.2, -0.15) is 0 Å². The standard InChI is InChI=1S/C12H18N2O3S/c1-3-17-10(15)6-9-7-18-11(13-9)14-12(2)4-5-16-8-12/h7H,3-6,8H2,1-2H3,(H,13,14). The second-order valence-corrected chi connectivity index (χ2v) is 5.47. The number of thiazole rings is 1. The molecule has 1 aliphatic heterocycles. The van der Waals surface area contributed by atoms with Gasteiger partial charge in [0.05, 0.1) is 30.9 Å². The summed E-state index contributed by atoms with van der Waals surface area (Å²) >= 11 is 1.51. The Balaban J connectivity index is 1.91. The number of rotatable bonds is 5. The second kappa shape index (κ2) is 5.67. The van der Waals surface area contributed by atoms with E-state index in [4.69, 9.17) is 9.47 Å². The summed E-state index contributed by atoms with van der Waals surface area (Å²) < 4.78 is 10.3. The Morgan fingerprint density at radius 1 is 1.72 bits per heavy atom. The van der Waals surface area contributed by atoms with Gasteiger partial charge in [-0.15, -0.1) is 11.3 Å². The third-order valence-electron chi connectivity index (χ3n) is 2.81. The fraction of sp³-hybridized carbons (Fsp3) is 0.667. The number of carbonyl (C=O) groups is 1. The molecule has 0 spiro atoms. The van der Waals surface area contributed by atoms with Gasteiger partial charge in [0.2, 0.25) is 0 Å². The van der Waals surface area contributed by atoms with Crippen molar-refractivity contribution >= 4 is 22.4 Å². The summed E-state index contributed by atoms with van der Waals surface area (Å²) in [6.45, 7) is 5.80. The maximum atomic E-state index is 11.3. The Kier molecular flexibility index (Phi) is 4.19. The average Bonchev–Trinajstić information content (AvgIpc) is 2.89. The van der Waals surface area contributed by atoms with E-state index < -0.39 is 0 Å². The van der Waals surface area contributed by atoms with Gasteiger partial charge in [0.25, 0.3) is 0 Å². The summed E-state index contributed by atoms with van der Waals surface area (Å²) in [6.07, 6.45) is 1.21. The summed E-state index contributed by atoms with van der Waals surface area (Å²) in [6, 6.07) is 0. The van der Waals surface area contributed by atoms with E-state index in [1.165, 1.54) is 11.3 Å². The van der Waals surface area contributed by atoms with Gasteiger partial charge in [0, 0.05) is 12.0 Å². The SMILES string of the molecule is CCOC(=O)Cc1csc(NC2(C)CCOC2)n1. The van der Waals surface area contributed by atoms with Crippen molar-refractivity contribution in [1.29, 1.82) is 0 Å². The van der Waals surface area contributed by atoms with Crippen molar-refractivity contribution in [2.24, 2.45) is 0 Å². The van der Waals surface area contributed by atoms with E-state index in [0.29, 0.717) is 13.2 Å². The van der Waals surface area contributed by atoms with Crippen LogP contribution in [0.3, 0.4) is 0 Å². The first-order valence-electron chi connectivity index (χ1n) is 6.07. The Hall–Kier alpha value is -1.14. The minimum atomic E-state index is -0.232. The smallest absolute Gasteiger partial charge is 0.311 e.